The summed E-state index contributed by atoms with van der Waals surface area (Å²) in [6, 6.07) is 11.7. The first kappa shape index (κ1) is 25.7. The number of nitrogens with one attached hydrogen (secondary N) is 3. The Kier molecular flexibility index (Phi) is 8.57. The Hall–Kier alpha value is -3.41. The van der Waals surface area contributed by atoms with Crippen molar-refractivity contribution in [2.75, 3.05) is 43.3 Å². The molecule has 0 saturated heterocycles. The standard InChI is InChI=1S/C25H32N8O2S/c1-16(2)35-20-9-10-26-21(15-20)36-32-19-7-5-18(6-8-19)23-28-24(27-11-12-33(4)13-14-34)22-17(3)30-31-25(22)29-23/h5-10,15-16,32,34H,11-14H2,1-4H3,(H2,27,28,29,30,31). The van der Waals surface area contributed by atoms with Gasteiger partial charge in [0.15, 0.2) is 11.5 Å². The van der Waals surface area contributed by atoms with Gasteiger partial charge < -0.3 is 24.8 Å². The number of H-pyrrole nitrogens is 1. The summed E-state index contributed by atoms with van der Waals surface area (Å²) >= 11 is 1.42. The summed E-state index contributed by atoms with van der Waals surface area (Å²) in [5, 5.41) is 21.6. The van der Waals surface area contributed by atoms with Gasteiger partial charge in [0.25, 0.3) is 0 Å². The molecule has 3 aromatic heterocycles. The Morgan fingerprint density at radius 2 is 1.94 bits per heavy atom. The number of anilines is 2. The third kappa shape index (κ3) is 6.62. The lowest BCUT2D eigenvalue weighted by Crippen LogP contribution is -2.28. The van der Waals surface area contributed by atoms with Crippen LogP contribution >= 0.6 is 11.9 Å². The lowest BCUT2D eigenvalue weighted by molar-refractivity contribution is 0.225. The molecule has 3 heterocycles. The second kappa shape index (κ2) is 12.0. The molecule has 1 aromatic carbocycles. The zero-order valence-corrected chi connectivity index (χ0v) is 21.8. The van der Waals surface area contributed by atoms with Gasteiger partial charge in [0.1, 0.15) is 16.6 Å². The lowest BCUT2D eigenvalue weighted by Gasteiger charge is -2.16. The molecule has 4 N–H and O–H groups in total. The van der Waals surface area contributed by atoms with Crippen molar-refractivity contribution < 1.29 is 9.84 Å². The maximum Gasteiger partial charge on any atom is 0.186 e. The maximum absolute atomic E-state index is 9.11. The third-order valence-corrected chi connectivity index (χ3v) is 6.13. The van der Waals surface area contributed by atoms with Gasteiger partial charge in [-0.1, -0.05) is 0 Å². The number of fused-ring (bicyclic) bond motifs is 1. The predicted octanol–water partition coefficient (Wildman–Crippen LogP) is 3.97. The zero-order chi connectivity index (χ0) is 25.5. The SMILES string of the molecule is Cc1[nH]nc2nc(-c3ccc(NSc4cc(OC(C)C)ccn4)cc3)nc(NCCN(C)CCO)c12. The van der Waals surface area contributed by atoms with Gasteiger partial charge in [-0.3, -0.25) is 5.10 Å². The van der Waals surface area contributed by atoms with E-state index >= 15 is 0 Å². The number of hydrogen-bond donors (Lipinski definition) is 4. The number of likely N-dealkylation sites (N-methyl/N-ethyl adjacent to an activating group) is 1. The van der Waals surface area contributed by atoms with E-state index in [1.54, 1.807) is 6.20 Å². The summed E-state index contributed by atoms with van der Waals surface area (Å²) in [6.45, 7) is 8.18. The van der Waals surface area contributed by atoms with Crippen LogP contribution < -0.4 is 14.8 Å². The van der Waals surface area contributed by atoms with Gasteiger partial charge in [-0.25, -0.2) is 15.0 Å². The fraction of sp³-hybridized carbons (Fsp3) is 0.360. The van der Waals surface area contributed by atoms with E-state index in [2.05, 4.69) is 35.1 Å². The summed E-state index contributed by atoms with van der Waals surface area (Å²) in [4.78, 5) is 15.9. The Balaban J connectivity index is 1.46. The van der Waals surface area contributed by atoms with Crippen LogP contribution in [0.4, 0.5) is 11.5 Å². The van der Waals surface area contributed by atoms with Crippen molar-refractivity contribution in [3.05, 3.63) is 48.3 Å². The smallest absolute Gasteiger partial charge is 0.186 e. The third-order valence-electron chi connectivity index (χ3n) is 5.36. The Morgan fingerprint density at radius 3 is 2.69 bits per heavy atom. The highest BCUT2D eigenvalue weighted by Gasteiger charge is 2.14. The first-order chi connectivity index (χ1) is 17.4. The van der Waals surface area contributed by atoms with Crippen LogP contribution in [0.3, 0.4) is 0 Å². The van der Waals surface area contributed by atoms with Crippen LogP contribution in [0.5, 0.6) is 5.75 Å². The summed E-state index contributed by atoms with van der Waals surface area (Å²) in [5.41, 5.74) is 3.36. The van der Waals surface area contributed by atoms with Crippen molar-refractivity contribution in [1.82, 2.24) is 30.0 Å². The van der Waals surface area contributed by atoms with E-state index < -0.39 is 0 Å². The number of aryl methyl sites for hydroxylation is 1. The number of rotatable bonds is 12. The van der Waals surface area contributed by atoms with E-state index in [9.17, 15) is 0 Å². The first-order valence-corrected chi connectivity index (χ1v) is 12.7. The Labute approximate surface area is 215 Å². The molecule has 0 bridgehead atoms. The molecule has 4 aromatic rings. The van der Waals surface area contributed by atoms with E-state index in [4.69, 9.17) is 14.8 Å². The maximum atomic E-state index is 9.11. The average Bonchev–Trinajstić information content (AvgIpc) is 3.24. The van der Waals surface area contributed by atoms with Gasteiger partial charge in [-0.15, -0.1) is 0 Å². The number of hydrogen-bond acceptors (Lipinski definition) is 10. The molecule has 0 fully saturated rings. The van der Waals surface area contributed by atoms with E-state index in [0.29, 0.717) is 24.6 Å². The lowest BCUT2D eigenvalue weighted by atomic mass is 10.2. The molecule has 0 atom stereocenters. The topological polar surface area (TPSA) is 124 Å². The van der Waals surface area contributed by atoms with Gasteiger partial charge in [0.2, 0.25) is 0 Å². The Morgan fingerprint density at radius 1 is 1.14 bits per heavy atom. The van der Waals surface area contributed by atoms with Crippen molar-refractivity contribution in [1.29, 1.82) is 0 Å². The number of benzene rings is 1. The zero-order valence-electron chi connectivity index (χ0n) is 20.9. The number of aliphatic hydroxyl groups is 1. The van der Waals surface area contributed by atoms with Crippen molar-refractivity contribution in [3.8, 4) is 17.1 Å². The van der Waals surface area contributed by atoms with Crippen LogP contribution in [0.25, 0.3) is 22.4 Å². The largest absolute Gasteiger partial charge is 0.491 e. The van der Waals surface area contributed by atoms with Crippen LogP contribution in [0.1, 0.15) is 19.5 Å². The number of pyridine rings is 1. The molecule has 10 nitrogen and oxygen atoms in total. The molecule has 0 amide bonds. The highest BCUT2D eigenvalue weighted by Crippen LogP contribution is 2.28. The molecule has 11 heteroatoms. The van der Waals surface area contributed by atoms with Crippen LogP contribution in [0.15, 0.2) is 47.6 Å². The highest BCUT2D eigenvalue weighted by molar-refractivity contribution is 8.00. The van der Waals surface area contributed by atoms with E-state index in [1.165, 1.54) is 11.9 Å². The average molecular weight is 509 g/mol. The minimum absolute atomic E-state index is 0.112. The quantitative estimate of drug-likeness (QED) is 0.209. The van der Waals surface area contributed by atoms with Crippen LogP contribution in [0.2, 0.25) is 0 Å². The summed E-state index contributed by atoms with van der Waals surface area (Å²) in [5.74, 6) is 2.14. The second-order valence-corrected chi connectivity index (χ2v) is 9.50. The number of ether oxygens (including phenoxy) is 1. The van der Waals surface area contributed by atoms with E-state index in [-0.39, 0.29) is 12.7 Å². The Bertz CT molecular complexity index is 1280. The summed E-state index contributed by atoms with van der Waals surface area (Å²) in [6.07, 6.45) is 1.85. The van der Waals surface area contributed by atoms with Gasteiger partial charge >= 0.3 is 0 Å². The fourth-order valence-corrected chi connectivity index (χ4v) is 4.21. The number of nitrogens with zero attached hydrogens (tertiary/aromatic N) is 5. The molecular weight excluding hydrogens is 476 g/mol. The van der Waals surface area contributed by atoms with Crippen LogP contribution in [0, 0.1) is 6.92 Å². The number of aromatic amines is 1. The number of aliphatic hydroxyl groups excluding tert-OH is 1. The summed E-state index contributed by atoms with van der Waals surface area (Å²) in [7, 11) is 1.97. The monoisotopic (exact) mass is 508 g/mol. The first-order valence-electron chi connectivity index (χ1n) is 11.8. The van der Waals surface area contributed by atoms with Gasteiger partial charge in [-0.2, -0.15) is 5.10 Å². The van der Waals surface area contributed by atoms with Crippen LogP contribution in [-0.4, -0.2) is 74.5 Å². The normalized spacial score (nSPS) is 11.4. The highest BCUT2D eigenvalue weighted by atomic mass is 32.2. The molecule has 0 aliphatic carbocycles. The minimum atomic E-state index is 0.112. The van der Waals surface area contributed by atoms with E-state index in [1.807, 2.05) is 64.2 Å². The van der Waals surface area contributed by atoms with Crippen molar-refractivity contribution in [2.45, 2.75) is 31.9 Å². The van der Waals surface area contributed by atoms with Crippen LogP contribution in [-0.2, 0) is 0 Å². The second-order valence-electron chi connectivity index (χ2n) is 8.67. The number of aromatic nitrogens is 5. The van der Waals surface area contributed by atoms with E-state index in [0.717, 1.165) is 45.5 Å². The van der Waals surface area contributed by atoms with Gasteiger partial charge in [0, 0.05) is 60.8 Å². The molecular formula is C25H32N8O2S. The molecule has 190 valence electrons. The molecule has 36 heavy (non-hydrogen) atoms. The molecule has 0 aliphatic rings. The molecule has 0 radical (unpaired) electrons. The van der Waals surface area contributed by atoms with Crippen molar-refractivity contribution in [2.24, 2.45) is 0 Å². The predicted molar refractivity (Wildman–Crippen MR) is 144 cm³/mol. The molecule has 0 saturated carbocycles. The molecule has 0 aliphatic heterocycles. The molecule has 4 rings (SSSR count). The molecule has 0 unspecified atom stereocenters. The van der Waals surface area contributed by atoms with Crippen molar-refractivity contribution >= 4 is 34.5 Å². The van der Waals surface area contributed by atoms with Gasteiger partial charge in [-0.05, 0) is 58.2 Å². The summed E-state index contributed by atoms with van der Waals surface area (Å²) < 4.78 is 9.06. The fourth-order valence-electron chi connectivity index (χ4n) is 3.56. The van der Waals surface area contributed by atoms with Gasteiger partial charge in [0.05, 0.1) is 18.1 Å². The van der Waals surface area contributed by atoms with Crippen molar-refractivity contribution in [3.63, 3.8) is 0 Å². The minimum Gasteiger partial charge on any atom is -0.491 e. The molecule has 0 spiro atoms.